The Balaban J connectivity index is 1.99. The van der Waals surface area contributed by atoms with Gasteiger partial charge in [0.05, 0.1) is 6.26 Å². The summed E-state index contributed by atoms with van der Waals surface area (Å²) in [5.41, 5.74) is 0.506. The number of hydrogen-bond donors (Lipinski definition) is 1. The zero-order valence-corrected chi connectivity index (χ0v) is 13.3. The SMILES string of the molecule is CS(=O)(=O)NC[C@@H]1CCCN(C(=O)c2ccnc(Cl)c2)C1. The smallest absolute Gasteiger partial charge is 0.254 e. The molecule has 1 aromatic heterocycles. The van der Waals surface area contributed by atoms with Gasteiger partial charge in [-0.2, -0.15) is 0 Å². The van der Waals surface area contributed by atoms with Gasteiger partial charge in [-0.25, -0.2) is 18.1 Å². The van der Waals surface area contributed by atoms with E-state index in [2.05, 4.69) is 9.71 Å². The number of hydrogen-bond acceptors (Lipinski definition) is 4. The fraction of sp³-hybridized carbons (Fsp3) is 0.538. The molecule has 1 atom stereocenters. The number of nitrogens with zero attached hydrogens (tertiary/aromatic N) is 2. The molecule has 0 saturated carbocycles. The van der Waals surface area contributed by atoms with Gasteiger partial charge >= 0.3 is 0 Å². The molecule has 1 aliphatic rings. The van der Waals surface area contributed by atoms with Crippen molar-refractivity contribution in [2.24, 2.45) is 5.92 Å². The van der Waals surface area contributed by atoms with Gasteiger partial charge < -0.3 is 4.90 Å². The third kappa shape index (κ3) is 4.94. The molecule has 116 valence electrons. The lowest BCUT2D eigenvalue weighted by Crippen LogP contribution is -2.43. The minimum absolute atomic E-state index is 0.0941. The third-order valence-electron chi connectivity index (χ3n) is 3.41. The molecule has 1 N–H and O–H groups in total. The normalized spacial score (nSPS) is 19.5. The monoisotopic (exact) mass is 331 g/mol. The van der Waals surface area contributed by atoms with Crippen LogP contribution in [0.3, 0.4) is 0 Å². The number of aromatic nitrogens is 1. The molecule has 2 rings (SSSR count). The Morgan fingerprint density at radius 1 is 1.57 bits per heavy atom. The van der Waals surface area contributed by atoms with Gasteiger partial charge in [0.25, 0.3) is 5.91 Å². The molecule has 0 bridgehead atoms. The zero-order valence-electron chi connectivity index (χ0n) is 11.8. The number of pyridine rings is 1. The molecular weight excluding hydrogens is 314 g/mol. The third-order valence-corrected chi connectivity index (χ3v) is 4.31. The van der Waals surface area contributed by atoms with Crippen molar-refractivity contribution >= 4 is 27.5 Å². The second kappa shape index (κ2) is 6.72. The summed E-state index contributed by atoms with van der Waals surface area (Å²) in [6.07, 6.45) is 4.41. The first-order valence-electron chi connectivity index (χ1n) is 6.70. The quantitative estimate of drug-likeness (QED) is 0.839. The van der Waals surface area contributed by atoms with Gasteiger partial charge in [-0.05, 0) is 30.9 Å². The van der Waals surface area contributed by atoms with Crippen molar-refractivity contribution in [2.75, 3.05) is 25.9 Å². The van der Waals surface area contributed by atoms with Crippen molar-refractivity contribution in [1.82, 2.24) is 14.6 Å². The van der Waals surface area contributed by atoms with Crippen molar-refractivity contribution in [3.05, 3.63) is 29.0 Å². The molecule has 6 nitrogen and oxygen atoms in total. The largest absolute Gasteiger partial charge is 0.338 e. The lowest BCUT2D eigenvalue weighted by Gasteiger charge is -2.32. The number of halogens is 1. The van der Waals surface area contributed by atoms with Gasteiger partial charge in [-0.1, -0.05) is 11.6 Å². The minimum atomic E-state index is -3.20. The first-order chi connectivity index (χ1) is 9.85. The zero-order chi connectivity index (χ0) is 15.5. The maximum Gasteiger partial charge on any atom is 0.254 e. The Labute approximate surface area is 129 Å². The van der Waals surface area contributed by atoms with E-state index in [-0.39, 0.29) is 17.0 Å². The van der Waals surface area contributed by atoms with E-state index in [0.717, 1.165) is 19.1 Å². The Bertz CT molecular complexity index is 621. The average molecular weight is 332 g/mol. The first kappa shape index (κ1) is 16.2. The highest BCUT2D eigenvalue weighted by Gasteiger charge is 2.25. The molecule has 21 heavy (non-hydrogen) atoms. The molecule has 0 spiro atoms. The van der Waals surface area contributed by atoms with Gasteiger partial charge in [-0.3, -0.25) is 4.79 Å². The van der Waals surface area contributed by atoms with Crippen molar-refractivity contribution in [2.45, 2.75) is 12.8 Å². The molecule has 2 heterocycles. The summed E-state index contributed by atoms with van der Waals surface area (Å²) in [5, 5.41) is 0.285. The molecule has 0 aliphatic carbocycles. The van der Waals surface area contributed by atoms with Crippen LogP contribution in [-0.2, 0) is 10.0 Å². The van der Waals surface area contributed by atoms with Crippen LogP contribution in [0.2, 0.25) is 5.15 Å². The summed E-state index contributed by atoms with van der Waals surface area (Å²) < 4.78 is 24.8. The second-order valence-corrected chi connectivity index (χ2v) is 7.47. The summed E-state index contributed by atoms with van der Waals surface area (Å²) in [5.74, 6) is 0.0399. The molecule has 1 saturated heterocycles. The number of amides is 1. The Morgan fingerprint density at radius 3 is 3.00 bits per heavy atom. The van der Waals surface area contributed by atoms with E-state index >= 15 is 0 Å². The number of piperidine rings is 1. The van der Waals surface area contributed by atoms with Crippen LogP contribution in [0.1, 0.15) is 23.2 Å². The van der Waals surface area contributed by atoms with Crippen LogP contribution in [0.25, 0.3) is 0 Å². The fourth-order valence-corrected chi connectivity index (χ4v) is 3.12. The number of sulfonamides is 1. The van der Waals surface area contributed by atoms with E-state index in [9.17, 15) is 13.2 Å². The van der Waals surface area contributed by atoms with Gasteiger partial charge in [0, 0.05) is 31.4 Å². The van der Waals surface area contributed by atoms with Crippen LogP contribution in [-0.4, -0.2) is 50.1 Å². The molecule has 0 radical (unpaired) electrons. The molecule has 1 aromatic rings. The Kier molecular flexibility index (Phi) is 5.18. The van der Waals surface area contributed by atoms with E-state index in [1.54, 1.807) is 17.0 Å². The number of carbonyl (C=O) groups excluding carboxylic acids is 1. The highest BCUT2D eigenvalue weighted by atomic mass is 35.5. The lowest BCUT2D eigenvalue weighted by molar-refractivity contribution is 0.0676. The molecular formula is C13H18ClN3O3S. The molecule has 0 unspecified atom stereocenters. The molecule has 1 aliphatic heterocycles. The van der Waals surface area contributed by atoms with Crippen LogP contribution < -0.4 is 4.72 Å². The van der Waals surface area contributed by atoms with E-state index in [0.29, 0.717) is 25.2 Å². The fourth-order valence-electron chi connectivity index (χ4n) is 2.40. The first-order valence-corrected chi connectivity index (χ1v) is 8.97. The summed E-state index contributed by atoms with van der Waals surface area (Å²) >= 11 is 5.80. The topological polar surface area (TPSA) is 79.4 Å². The van der Waals surface area contributed by atoms with E-state index in [1.165, 1.54) is 6.20 Å². The predicted molar refractivity (Wildman–Crippen MR) is 80.7 cm³/mol. The maximum absolute atomic E-state index is 12.4. The van der Waals surface area contributed by atoms with Crippen molar-refractivity contribution in [3.63, 3.8) is 0 Å². The number of rotatable bonds is 4. The summed E-state index contributed by atoms with van der Waals surface area (Å²) in [4.78, 5) is 18.0. The van der Waals surface area contributed by atoms with E-state index in [1.807, 2.05) is 0 Å². The summed E-state index contributed by atoms with van der Waals surface area (Å²) in [6.45, 7) is 1.58. The van der Waals surface area contributed by atoms with Crippen LogP contribution >= 0.6 is 11.6 Å². The summed E-state index contributed by atoms with van der Waals surface area (Å²) in [7, 11) is -3.20. The van der Waals surface area contributed by atoms with Crippen LogP contribution in [0.4, 0.5) is 0 Å². The van der Waals surface area contributed by atoms with Gasteiger partial charge in [0.2, 0.25) is 10.0 Å². The second-order valence-electron chi connectivity index (χ2n) is 5.25. The Hall–Kier alpha value is -1.18. The lowest BCUT2D eigenvalue weighted by atomic mass is 9.98. The highest BCUT2D eigenvalue weighted by molar-refractivity contribution is 7.88. The molecule has 1 fully saturated rings. The average Bonchev–Trinajstić information content (AvgIpc) is 2.44. The van der Waals surface area contributed by atoms with Gasteiger partial charge in [-0.15, -0.1) is 0 Å². The van der Waals surface area contributed by atoms with Crippen LogP contribution in [0.5, 0.6) is 0 Å². The standard InChI is InChI=1S/C13H18ClN3O3S/c1-21(19,20)16-8-10-3-2-6-17(9-10)13(18)11-4-5-15-12(14)7-11/h4-5,7,10,16H,2-3,6,8-9H2,1H3/t10-/m0/s1. The Morgan fingerprint density at radius 2 is 2.33 bits per heavy atom. The van der Waals surface area contributed by atoms with Gasteiger partial charge in [0.15, 0.2) is 0 Å². The predicted octanol–water partition coefficient (Wildman–Crippen LogP) is 1.14. The van der Waals surface area contributed by atoms with E-state index in [4.69, 9.17) is 11.6 Å². The van der Waals surface area contributed by atoms with Gasteiger partial charge in [0.1, 0.15) is 5.15 Å². The van der Waals surface area contributed by atoms with E-state index < -0.39 is 10.0 Å². The minimum Gasteiger partial charge on any atom is -0.338 e. The van der Waals surface area contributed by atoms with Crippen molar-refractivity contribution in [1.29, 1.82) is 0 Å². The van der Waals surface area contributed by atoms with Crippen LogP contribution in [0, 0.1) is 5.92 Å². The highest BCUT2D eigenvalue weighted by Crippen LogP contribution is 2.19. The maximum atomic E-state index is 12.4. The number of carbonyl (C=O) groups is 1. The number of likely N-dealkylation sites (tertiary alicyclic amines) is 1. The van der Waals surface area contributed by atoms with Crippen molar-refractivity contribution < 1.29 is 13.2 Å². The molecule has 0 aromatic carbocycles. The van der Waals surface area contributed by atoms with Crippen molar-refractivity contribution in [3.8, 4) is 0 Å². The molecule has 8 heteroatoms. The molecule has 1 amide bonds. The summed E-state index contributed by atoms with van der Waals surface area (Å²) in [6, 6.07) is 3.18. The van der Waals surface area contributed by atoms with Crippen LogP contribution in [0.15, 0.2) is 18.3 Å². The number of nitrogens with one attached hydrogen (secondary N) is 1.